The lowest BCUT2D eigenvalue weighted by Crippen LogP contribution is -2.41. The number of aromatic nitrogens is 1. The molecule has 0 atom stereocenters. The molecule has 0 aliphatic heterocycles. The maximum Gasteiger partial charge on any atom is 0.266 e. The van der Waals surface area contributed by atoms with Gasteiger partial charge in [-0.25, -0.2) is 0 Å². The molecule has 0 unspecified atom stereocenters. The molecule has 0 saturated heterocycles. The van der Waals surface area contributed by atoms with Crippen molar-refractivity contribution in [3.8, 4) is 16.9 Å². The molecule has 6 heteroatoms. The molecular formula is C33H37ClN2O2S. The Morgan fingerprint density at radius 1 is 1.03 bits per heavy atom. The van der Waals surface area contributed by atoms with Crippen LogP contribution in [0.5, 0.6) is 5.75 Å². The first-order valence-electron chi connectivity index (χ1n) is 14.2. The van der Waals surface area contributed by atoms with Gasteiger partial charge in [-0.05, 0) is 74.8 Å². The van der Waals surface area contributed by atoms with Crippen molar-refractivity contribution in [1.82, 2.24) is 9.88 Å². The van der Waals surface area contributed by atoms with Crippen LogP contribution in [0.2, 0.25) is 5.02 Å². The standard InChI is InChI=1S/C33H37ClN2O2S/c1-4-22-11-16-27(17-12-22)36(33(37)32-31(34)28-9-7-8-10-30(28)39-32)21-25-19-23(14-18-29(25)38-6-3)24-13-15-26(5-2)35-20-24/h7-10,13-15,18-20,22,27H,4-6,11-12,16-17,21H2,1-3H3. The van der Waals surface area contributed by atoms with Gasteiger partial charge in [0.2, 0.25) is 0 Å². The summed E-state index contributed by atoms with van der Waals surface area (Å²) >= 11 is 8.32. The average molecular weight is 561 g/mol. The predicted molar refractivity (Wildman–Crippen MR) is 163 cm³/mol. The van der Waals surface area contributed by atoms with Crippen LogP contribution in [-0.4, -0.2) is 28.4 Å². The summed E-state index contributed by atoms with van der Waals surface area (Å²) in [6, 6.07) is 18.7. The highest BCUT2D eigenvalue weighted by Gasteiger charge is 2.32. The Morgan fingerprint density at radius 2 is 1.79 bits per heavy atom. The summed E-state index contributed by atoms with van der Waals surface area (Å²) < 4.78 is 7.11. The fourth-order valence-corrected chi connectivity index (χ4v) is 7.15. The minimum absolute atomic E-state index is 0.0166. The van der Waals surface area contributed by atoms with E-state index in [9.17, 15) is 4.79 Å². The van der Waals surface area contributed by atoms with E-state index in [1.807, 2.05) is 43.5 Å². The van der Waals surface area contributed by atoms with Gasteiger partial charge in [-0.15, -0.1) is 11.3 Å². The van der Waals surface area contributed by atoms with Crippen LogP contribution in [-0.2, 0) is 13.0 Å². The molecule has 0 bridgehead atoms. The topological polar surface area (TPSA) is 42.4 Å². The van der Waals surface area contributed by atoms with E-state index in [-0.39, 0.29) is 11.9 Å². The SMILES string of the molecule is CCOc1ccc(-c2ccc(CC)nc2)cc1CN(C(=O)c1sc2ccccc2c1Cl)C1CCC(CC)CC1. The number of pyridine rings is 1. The molecule has 0 spiro atoms. The van der Waals surface area contributed by atoms with Gasteiger partial charge in [-0.3, -0.25) is 9.78 Å². The molecule has 0 N–H and O–H groups in total. The van der Waals surface area contributed by atoms with Crippen molar-refractivity contribution in [2.45, 2.75) is 71.9 Å². The molecule has 1 aliphatic rings. The van der Waals surface area contributed by atoms with Gasteiger partial charge in [0.15, 0.2) is 0 Å². The van der Waals surface area contributed by atoms with E-state index in [1.54, 1.807) is 0 Å². The van der Waals surface area contributed by atoms with Crippen molar-refractivity contribution in [3.63, 3.8) is 0 Å². The van der Waals surface area contributed by atoms with Crippen LogP contribution in [0.15, 0.2) is 60.8 Å². The lowest BCUT2D eigenvalue weighted by atomic mass is 9.83. The lowest BCUT2D eigenvalue weighted by molar-refractivity contribution is 0.0590. The zero-order chi connectivity index (χ0) is 27.4. The Balaban J connectivity index is 1.53. The van der Waals surface area contributed by atoms with Gasteiger partial charge in [0.05, 0.1) is 11.6 Å². The third-order valence-corrected chi connectivity index (χ3v) is 9.71. The Morgan fingerprint density at radius 3 is 2.46 bits per heavy atom. The molecule has 5 rings (SSSR count). The molecule has 0 radical (unpaired) electrons. The predicted octanol–water partition coefficient (Wildman–Crippen LogP) is 9.19. The number of halogens is 1. The molecule has 2 heterocycles. The van der Waals surface area contributed by atoms with Gasteiger partial charge >= 0.3 is 0 Å². The number of ether oxygens (including phenoxy) is 1. The second-order valence-corrected chi connectivity index (χ2v) is 11.8. The van der Waals surface area contributed by atoms with E-state index in [0.717, 1.165) is 76.2 Å². The highest BCUT2D eigenvalue weighted by molar-refractivity contribution is 7.21. The maximum absolute atomic E-state index is 14.3. The normalized spacial score (nSPS) is 17.3. The number of hydrogen-bond donors (Lipinski definition) is 0. The molecule has 2 aromatic heterocycles. The Bertz CT molecular complexity index is 1420. The van der Waals surface area contributed by atoms with Crippen LogP contribution in [0.1, 0.15) is 73.8 Å². The first-order valence-corrected chi connectivity index (χ1v) is 15.4. The smallest absolute Gasteiger partial charge is 0.266 e. The maximum atomic E-state index is 14.3. The van der Waals surface area contributed by atoms with Crippen LogP contribution < -0.4 is 4.74 Å². The molecular weight excluding hydrogens is 524 g/mol. The summed E-state index contributed by atoms with van der Waals surface area (Å²) in [5.41, 5.74) is 4.22. The number of carbonyl (C=O) groups excluding carboxylic acids is 1. The Kier molecular flexibility index (Phi) is 8.89. The molecule has 1 aliphatic carbocycles. The summed E-state index contributed by atoms with van der Waals surface area (Å²) in [4.78, 5) is 21.6. The number of nitrogens with zero attached hydrogens (tertiary/aromatic N) is 2. The average Bonchev–Trinajstić information content (AvgIpc) is 3.33. The van der Waals surface area contributed by atoms with Crippen LogP contribution in [0, 0.1) is 5.92 Å². The monoisotopic (exact) mass is 560 g/mol. The molecule has 1 saturated carbocycles. The van der Waals surface area contributed by atoms with Crippen LogP contribution in [0.4, 0.5) is 0 Å². The molecule has 39 heavy (non-hydrogen) atoms. The highest BCUT2D eigenvalue weighted by atomic mass is 35.5. The van der Waals surface area contributed by atoms with Gasteiger partial charge in [0.1, 0.15) is 10.6 Å². The number of fused-ring (bicyclic) bond motifs is 1. The molecule has 4 aromatic rings. The number of hydrogen-bond acceptors (Lipinski definition) is 4. The fourth-order valence-electron chi connectivity index (χ4n) is 5.68. The van der Waals surface area contributed by atoms with Gasteiger partial charge in [0, 0.05) is 45.7 Å². The molecule has 4 nitrogen and oxygen atoms in total. The minimum Gasteiger partial charge on any atom is -0.494 e. The molecule has 2 aromatic carbocycles. The number of amides is 1. The molecule has 1 fully saturated rings. The van der Waals surface area contributed by atoms with Crippen LogP contribution in [0.25, 0.3) is 21.2 Å². The second-order valence-electron chi connectivity index (χ2n) is 10.4. The summed E-state index contributed by atoms with van der Waals surface area (Å²) in [7, 11) is 0. The van der Waals surface area contributed by atoms with Crippen molar-refractivity contribution in [2.75, 3.05) is 6.61 Å². The van der Waals surface area contributed by atoms with Crippen molar-refractivity contribution >= 4 is 38.9 Å². The summed E-state index contributed by atoms with van der Waals surface area (Å²) in [5, 5.41) is 1.51. The van der Waals surface area contributed by atoms with E-state index < -0.39 is 0 Å². The van der Waals surface area contributed by atoms with E-state index >= 15 is 0 Å². The Hall–Kier alpha value is -2.89. The largest absolute Gasteiger partial charge is 0.494 e. The Labute approximate surface area is 241 Å². The first kappa shape index (κ1) is 27.7. The van der Waals surface area contributed by atoms with E-state index in [1.165, 1.54) is 17.8 Å². The van der Waals surface area contributed by atoms with Gasteiger partial charge < -0.3 is 9.64 Å². The molecule has 1 amide bonds. The fraction of sp³-hybridized carbons (Fsp3) is 0.394. The van der Waals surface area contributed by atoms with Gasteiger partial charge in [-0.2, -0.15) is 0 Å². The summed E-state index contributed by atoms with van der Waals surface area (Å²) in [6.45, 7) is 7.42. The minimum atomic E-state index is 0.0166. The van der Waals surface area contributed by atoms with E-state index in [0.29, 0.717) is 23.1 Å². The van der Waals surface area contributed by atoms with Crippen molar-refractivity contribution in [3.05, 3.63) is 82.0 Å². The molecule has 204 valence electrons. The number of thiophene rings is 1. The van der Waals surface area contributed by atoms with E-state index in [2.05, 4.69) is 48.0 Å². The van der Waals surface area contributed by atoms with Crippen LogP contribution >= 0.6 is 22.9 Å². The number of carbonyl (C=O) groups is 1. The van der Waals surface area contributed by atoms with Crippen molar-refractivity contribution < 1.29 is 9.53 Å². The van der Waals surface area contributed by atoms with Crippen LogP contribution in [0.3, 0.4) is 0 Å². The quantitative estimate of drug-likeness (QED) is 0.205. The lowest BCUT2D eigenvalue weighted by Gasteiger charge is -2.37. The van der Waals surface area contributed by atoms with E-state index in [4.69, 9.17) is 16.3 Å². The van der Waals surface area contributed by atoms with Crippen molar-refractivity contribution in [1.29, 1.82) is 0 Å². The van der Waals surface area contributed by atoms with Gasteiger partial charge in [-0.1, -0.05) is 62.2 Å². The third kappa shape index (κ3) is 6.00. The highest BCUT2D eigenvalue weighted by Crippen LogP contribution is 2.39. The number of benzene rings is 2. The summed E-state index contributed by atoms with van der Waals surface area (Å²) in [5.74, 6) is 1.58. The third-order valence-electron chi connectivity index (χ3n) is 8.05. The number of rotatable bonds is 9. The summed E-state index contributed by atoms with van der Waals surface area (Å²) in [6.07, 6.45) is 8.37. The van der Waals surface area contributed by atoms with Gasteiger partial charge in [0.25, 0.3) is 5.91 Å². The zero-order valence-corrected chi connectivity index (χ0v) is 24.7. The zero-order valence-electron chi connectivity index (χ0n) is 23.1. The second kappa shape index (κ2) is 12.5. The first-order chi connectivity index (χ1) is 19.0. The van der Waals surface area contributed by atoms with Crippen molar-refractivity contribution in [2.24, 2.45) is 5.92 Å². The number of aryl methyl sites for hydroxylation is 1.